The topological polar surface area (TPSA) is 45.7 Å². The van der Waals surface area contributed by atoms with Gasteiger partial charge in [-0.2, -0.15) is 0 Å². The SMILES string of the molecule is C[C@@H]([NH2+]C(c1ccccc1)c1ccccc1)C(=O)NC12CC3CC(CC(C3)C1)C2. The molecule has 1 atom stereocenters. The van der Waals surface area contributed by atoms with Gasteiger partial charge in [0.25, 0.3) is 5.91 Å². The standard InChI is InChI=1S/C26H32N2O/c1-18(25(29)28-26-15-19-12-20(16-26)14-21(13-19)17-26)27-24(22-8-4-2-5-9-22)23-10-6-3-7-11-23/h2-11,18-21,24,27H,12-17H2,1H3,(H,28,29)/p+1/t18-,19?,20?,21?,26?/m1/s1. The van der Waals surface area contributed by atoms with Crippen LogP contribution in [-0.2, 0) is 4.79 Å². The maximum atomic E-state index is 13.3. The summed E-state index contributed by atoms with van der Waals surface area (Å²) in [5, 5.41) is 5.80. The number of quaternary nitrogens is 1. The molecule has 1 amide bonds. The van der Waals surface area contributed by atoms with Crippen LogP contribution in [0.15, 0.2) is 60.7 Å². The largest absolute Gasteiger partial charge is 0.345 e. The summed E-state index contributed by atoms with van der Waals surface area (Å²) >= 11 is 0. The second-order valence-electron chi connectivity index (χ2n) is 9.97. The minimum atomic E-state index is -0.117. The highest BCUT2D eigenvalue weighted by Crippen LogP contribution is 2.55. The second-order valence-corrected chi connectivity index (χ2v) is 9.97. The average molecular weight is 390 g/mol. The first-order valence-electron chi connectivity index (χ1n) is 11.4. The number of hydrogen-bond donors (Lipinski definition) is 2. The molecule has 4 saturated carbocycles. The Balaban J connectivity index is 1.31. The molecule has 4 fully saturated rings. The third kappa shape index (κ3) is 3.85. The fraction of sp³-hybridized carbons (Fsp3) is 0.500. The van der Waals surface area contributed by atoms with Gasteiger partial charge >= 0.3 is 0 Å². The molecule has 2 aromatic carbocycles. The summed E-state index contributed by atoms with van der Waals surface area (Å²) in [4.78, 5) is 13.3. The van der Waals surface area contributed by atoms with Crippen LogP contribution in [-0.4, -0.2) is 17.5 Å². The van der Waals surface area contributed by atoms with Gasteiger partial charge in [0.05, 0.1) is 0 Å². The Morgan fingerprint density at radius 2 is 1.31 bits per heavy atom. The van der Waals surface area contributed by atoms with Crippen LogP contribution >= 0.6 is 0 Å². The van der Waals surface area contributed by atoms with Gasteiger partial charge in [0.15, 0.2) is 6.04 Å². The molecule has 0 spiro atoms. The van der Waals surface area contributed by atoms with Gasteiger partial charge in [0.1, 0.15) is 6.04 Å². The number of hydrogen-bond acceptors (Lipinski definition) is 1. The van der Waals surface area contributed by atoms with Gasteiger partial charge in [0.2, 0.25) is 0 Å². The minimum absolute atomic E-state index is 0.0862. The van der Waals surface area contributed by atoms with Crippen molar-refractivity contribution in [3.8, 4) is 0 Å². The van der Waals surface area contributed by atoms with Crippen LogP contribution < -0.4 is 10.6 Å². The van der Waals surface area contributed by atoms with E-state index >= 15 is 0 Å². The van der Waals surface area contributed by atoms with Gasteiger partial charge in [-0.1, -0.05) is 60.7 Å². The molecule has 3 heteroatoms. The van der Waals surface area contributed by atoms with E-state index in [0.717, 1.165) is 17.8 Å². The van der Waals surface area contributed by atoms with Crippen molar-refractivity contribution in [3.05, 3.63) is 71.8 Å². The van der Waals surface area contributed by atoms with Gasteiger partial charge in [-0.05, 0) is 63.2 Å². The lowest BCUT2D eigenvalue weighted by Crippen LogP contribution is -2.93. The molecule has 0 aromatic heterocycles. The number of nitrogens with one attached hydrogen (secondary N) is 1. The van der Waals surface area contributed by atoms with Crippen molar-refractivity contribution < 1.29 is 10.1 Å². The molecular weight excluding hydrogens is 356 g/mol. The Morgan fingerprint density at radius 3 is 1.76 bits per heavy atom. The van der Waals surface area contributed by atoms with E-state index in [1.54, 1.807) is 0 Å². The third-order valence-electron chi connectivity index (χ3n) is 7.64. The van der Waals surface area contributed by atoms with Gasteiger partial charge < -0.3 is 10.6 Å². The first-order valence-corrected chi connectivity index (χ1v) is 11.4. The molecule has 4 aliphatic rings. The second kappa shape index (κ2) is 7.60. The Hall–Kier alpha value is -2.13. The monoisotopic (exact) mass is 389 g/mol. The summed E-state index contributed by atoms with van der Waals surface area (Å²) in [5.74, 6) is 2.76. The van der Waals surface area contributed by atoms with Crippen molar-refractivity contribution in [2.24, 2.45) is 17.8 Å². The molecule has 4 bridgehead atoms. The van der Waals surface area contributed by atoms with Crippen molar-refractivity contribution >= 4 is 5.91 Å². The van der Waals surface area contributed by atoms with Crippen LogP contribution in [0.2, 0.25) is 0 Å². The summed E-state index contributed by atoms with van der Waals surface area (Å²) in [5.41, 5.74) is 2.57. The number of amides is 1. The molecule has 0 unspecified atom stereocenters. The highest BCUT2D eigenvalue weighted by atomic mass is 16.2. The molecule has 0 saturated heterocycles. The number of carbonyl (C=O) groups is 1. The Kier molecular flexibility index (Phi) is 4.95. The van der Waals surface area contributed by atoms with Crippen molar-refractivity contribution in [2.75, 3.05) is 0 Å². The smallest absolute Gasteiger partial charge is 0.278 e. The van der Waals surface area contributed by atoms with E-state index in [1.807, 2.05) is 0 Å². The zero-order chi connectivity index (χ0) is 19.8. The van der Waals surface area contributed by atoms with Crippen molar-refractivity contribution in [1.29, 1.82) is 0 Å². The Morgan fingerprint density at radius 1 is 0.862 bits per heavy atom. The van der Waals surface area contributed by atoms with Gasteiger partial charge in [0, 0.05) is 16.7 Å². The molecule has 2 aromatic rings. The van der Waals surface area contributed by atoms with Crippen molar-refractivity contribution in [3.63, 3.8) is 0 Å². The zero-order valence-corrected chi connectivity index (χ0v) is 17.4. The molecular formula is C26H33N2O+. The molecule has 3 nitrogen and oxygen atoms in total. The first kappa shape index (κ1) is 18.9. The highest BCUT2D eigenvalue weighted by molar-refractivity contribution is 5.80. The van der Waals surface area contributed by atoms with Crippen molar-refractivity contribution in [1.82, 2.24) is 5.32 Å². The maximum absolute atomic E-state index is 13.3. The van der Waals surface area contributed by atoms with E-state index in [0.29, 0.717) is 0 Å². The number of carbonyl (C=O) groups excluding carboxylic acids is 1. The predicted octanol–water partition coefficient (Wildman–Crippen LogP) is 3.81. The summed E-state index contributed by atoms with van der Waals surface area (Å²) in [6.45, 7) is 2.06. The average Bonchev–Trinajstić information content (AvgIpc) is 2.71. The maximum Gasteiger partial charge on any atom is 0.278 e. The Bertz CT molecular complexity index is 773. The van der Waals surface area contributed by atoms with Crippen LogP contribution in [0, 0.1) is 17.8 Å². The molecule has 0 heterocycles. The number of benzene rings is 2. The molecule has 6 rings (SSSR count). The van der Waals surface area contributed by atoms with Crippen molar-refractivity contribution in [2.45, 2.75) is 63.1 Å². The molecule has 29 heavy (non-hydrogen) atoms. The number of nitrogens with two attached hydrogens (primary N) is 1. The van der Waals surface area contributed by atoms with Gasteiger partial charge in [-0.15, -0.1) is 0 Å². The quantitative estimate of drug-likeness (QED) is 0.775. The van der Waals surface area contributed by atoms with Crippen LogP contribution in [0.1, 0.15) is 62.6 Å². The molecule has 0 radical (unpaired) electrons. The third-order valence-corrected chi connectivity index (χ3v) is 7.64. The van der Waals surface area contributed by atoms with E-state index in [-0.39, 0.29) is 23.5 Å². The van der Waals surface area contributed by atoms with Gasteiger partial charge in [-0.25, -0.2) is 0 Å². The van der Waals surface area contributed by atoms with Gasteiger partial charge in [-0.3, -0.25) is 4.79 Å². The summed E-state index contributed by atoms with van der Waals surface area (Å²) < 4.78 is 0. The van der Waals surface area contributed by atoms with E-state index in [9.17, 15) is 4.79 Å². The lowest BCUT2D eigenvalue weighted by Gasteiger charge is -2.57. The van der Waals surface area contributed by atoms with Crippen LogP contribution in [0.5, 0.6) is 0 Å². The van der Waals surface area contributed by atoms with Crippen LogP contribution in [0.4, 0.5) is 0 Å². The molecule has 152 valence electrons. The number of rotatable bonds is 6. The van der Waals surface area contributed by atoms with E-state index < -0.39 is 0 Å². The predicted molar refractivity (Wildman–Crippen MR) is 115 cm³/mol. The van der Waals surface area contributed by atoms with E-state index in [1.165, 1.54) is 49.7 Å². The zero-order valence-electron chi connectivity index (χ0n) is 17.4. The molecule has 3 N–H and O–H groups in total. The lowest BCUT2D eigenvalue weighted by atomic mass is 9.53. The normalized spacial score (nSPS) is 31.0. The lowest BCUT2D eigenvalue weighted by molar-refractivity contribution is -0.705. The van der Waals surface area contributed by atoms with Crippen LogP contribution in [0.25, 0.3) is 0 Å². The van der Waals surface area contributed by atoms with E-state index in [2.05, 4.69) is 78.2 Å². The summed E-state index contributed by atoms with van der Waals surface area (Å²) in [6, 6.07) is 21.1. The van der Waals surface area contributed by atoms with E-state index in [4.69, 9.17) is 0 Å². The minimum Gasteiger partial charge on any atom is -0.345 e. The molecule has 0 aliphatic heterocycles. The molecule has 4 aliphatic carbocycles. The van der Waals surface area contributed by atoms with Crippen LogP contribution in [0.3, 0.4) is 0 Å². The fourth-order valence-electron chi connectivity index (χ4n) is 6.75. The Labute approximate surface area is 174 Å². The fourth-order valence-corrected chi connectivity index (χ4v) is 6.75. The summed E-state index contributed by atoms with van der Waals surface area (Å²) in [7, 11) is 0. The first-order chi connectivity index (χ1) is 14.1. The summed E-state index contributed by atoms with van der Waals surface area (Å²) in [6.07, 6.45) is 7.83. The highest BCUT2D eigenvalue weighted by Gasteiger charge is 2.52.